The van der Waals surface area contributed by atoms with E-state index in [-0.39, 0.29) is 28.5 Å². The van der Waals surface area contributed by atoms with Crippen molar-refractivity contribution in [2.45, 2.75) is 44.0 Å². The van der Waals surface area contributed by atoms with E-state index in [1.807, 2.05) is 44.2 Å². The second-order valence-corrected chi connectivity index (χ2v) is 13.3. The van der Waals surface area contributed by atoms with Gasteiger partial charge in [-0.25, -0.2) is 8.42 Å². The molecule has 4 rings (SSSR count). The molecule has 10 heteroatoms. The number of nitrogens with one attached hydrogen (secondary N) is 2. The van der Waals surface area contributed by atoms with Crippen LogP contribution < -0.4 is 10.6 Å². The van der Waals surface area contributed by atoms with Crippen LogP contribution in [0.5, 0.6) is 0 Å². The van der Waals surface area contributed by atoms with E-state index >= 15 is 0 Å². The molecule has 198 valence electrons. The smallest absolute Gasteiger partial charge is 0.262 e. The van der Waals surface area contributed by atoms with Crippen molar-refractivity contribution in [2.24, 2.45) is 11.8 Å². The van der Waals surface area contributed by atoms with Crippen LogP contribution in [0.1, 0.15) is 42.8 Å². The van der Waals surface area contributed by atoms with Crippen molar-refractivity contribution >= 4 is 54.9 Å². The van der Waals surface area contributed by atoms with Gasteiger partial charge in [0.15, 0.2) is 0 Å². The molecule has 7 nitrogen and oxygen atoms in total. The molecule has 1 saturated heterocycles. The predicted molar refractivity (Wildman–Crippen MR) is 148 cm³/mol. The van der Waals surface area contributed by atoms with Crippen LogP contribution in [0.2, 0.25) is 5.02 Å². The summed E-state index contributed by atoms with van der Waals surface area (Å²) in [5.41, 5.74) is 0. The Hall–Kier alpha value is -2.46. The lowest BCUT2D eigenvalue weighted by atomic mass is 9.99. The average molecular weight is 562 g/mol. The van der Waals surface area contributed by atoms with E-state index in [0.29, 0.717) is 42.4 Å². The Labute approximate surface area is 227 Å². The zero-order valence-electron chi connectivity index (χ0n) is 20.9. The first-order valence-electron chi connectivity index (χ1n) is 12.5. The van der Waals surface area contributed by atoms with Gasteiger partial charge in [0.2, 0.25) is 15.9 Å². The highest BCUT2D eigenvalue weighted by Gasteiger charge is 2.31. The molecule has 1 aliphatic heterocycles. The summed E-state index contributed by atoms with van der Waals surface area (Å²) in [6.07, 6.45) is 2.03. The van der Waals surface area contributed by atoms with Gasteiger partial charge in [0.05, 0.1) is 9.77 Å². The maximum atomic E-state index is 13.1. The molecule has 1 unspecified atom stereocenters. The summed E-state index contributed by atoms with van der Waals surface area (Å²) in [4.78, 5) is 26.9. The predicted octanol–water partition coefficient (Wildman–Crippen LogP) is 4.92. The molecular formula is C27H32ClN3O4S2. The summed E-state index contributed by atoms with van der Waals surface area (Å²) in [5.74, 6) is -0.327. The Morgan fingerprint density at radius 3 is 2.57 bits per heavy atom. The lowest BCUT2D eigenvalue weighted by Gasteiger charge is -2.32. The summed E-state index contributed by atoms with van der Waals surface area (Å²) >= 11 is 7.31. The minimum absolute atomic E-state index is 0.0160. The summed E-state index contributed by atoms with van der Waals surface area (Å²) in [7, 11) is -3.63. The number of piperidine rings is 1. The normalized spacial score (nSPS) is 17.6. The van der Waals surface area contributed by atoms with E-state index in [0.717, 1.165) is 16.5 Å². The minimum atomic E-state index is -3.63. The fraction of sp³-hybridized carbons (Fsp3) is 0.407. The number of rotatable bonds is 9. The van der Waals surface area contributed by atoms with Crippen molar-refractivity contribution < 1.29 is 18.0 Å². The standard InChI is InChI=1S/C27H32ClN3O4S2/c1-18(2)14-23(30-27(33)25-15-20-7-3-4-8-24(20)36-25)26(32)29-16-19-6-5-13-31(17-19)37(34,35)22-11-9-21(28)10-12-22/h3-4,7-12,15,18-19,23H,5-6,13-14,16-17H2,1-2H3,(H,29,32)(H,30,33)/t19?,23-/m0/s1. The molecule has 1 aromatic heterocycles. The number of hydrogen-bond acceptors (Lipinski definition) is 5. The molecule has 3 aromatic rings. The van der Waals surface area contributed by atoms with Crippen LogP contribution in [0.25, 0.3) is 10.1 Å². The van der Waals surface area contributed by atoms with Crippen molar-refractivity contribution in [2.75, 3.05) is 19.6 Å². The van der Waals surface area contributed by atoms with Crippen molar-refractivity contribution in [1.82, 2.24) is 14.9 Å². The number of carbonyl (C=O) groups is 2. The van der Waals surface area contributed by atoms with Gasteiger partial charge in [-0.3, -0.25) is 9.59 Å². The van der Waals surface area contributed by atoms with Crippen molar-refractivity contribution in [3.63, 3.8) is 0 Å². The van der Waals surface area contributed by atoms with Crippen LogP contribution in [0.3, 0.4) is 0 Å². The highest BCUT2D eigenvalue weighted by Crippen LogP contribution is 2.26. The van der Waals surface area contributed by atoms with Gasteiger partial charge < -0.3 is 10.6 Å². The van der Waals surface area contributed by atoms with Crippen molar-refractivity contribution in [3.05, 3.63) is 64.5 Å². The Morgan fingerprint density at radius 2 is 1.86 bits per heavy atom. The van der Waals surface area contributed by atoms with Gasteiger partial charge in [-0.2, -0.15) is 4.31 Å². The molecule has 2 aromatic carbocycles. The van der Waals surface area contributed by atoms with Gasteiger partial charge in [0.25, 0.3) is 5.91 Å². The maximum Gasteiger partial charge on any atom is 0.262 e. The third-order valence-corrected chi connectivity index (χ3v) is 9.72. The molecule has 0 bridgehead atoms. The van der Waals surface area contributed by atoms with Gasteiger partial charge >= 0.3 is 0 Å². The first-order valence-corrected chi connectivity index (χ1v) is 15.1. The molecule has 0 aliphatic carbocycles. The fourth-order valence-corrected chi connectivity index (χ4v) is 7.21. The van der Waals surface area contributed by atoms with Crippen LogP contribution in [-0.2, 0) is 14.8 Å². The molecule has 1 fully saturated rings. The zero-order chi connectivity index (χ0) is 26.6. The molecule has 0 spiro atoms. The molecule has 37 heavy (non-hydrogen) atoms. The Balaban J connectivity index is 1.37. The van der Waals surface area contributed by atoms with E-state index in [2.05, 4.69) is 10.6 Å². The molecular weight excluding hydrogens is 530 g/mol. The number of nitrogens with zero attached hydrogens (tertiary/aromatic N) is 1. The number of hydrogen-bond donors (Lipinski definition) is 2. The van der Waals surface area contributed by atoms with Crippen LogP contribution in [0.15, 0.2) is 59.5 Å². The molecule has 2 atom stereocenters. The molecule has 1 aliphatic rings. The number of sulfonamides is 1. The van der Waals surface area contributed by atoms with Crippen LogP contribution >= 0.6 is 22.9 Å². The summed E-state index contributed by atoms with van der Waals surface area (Å²) in [6.45, 7) is 5.13. The number of halogens is 1. The Bertz CT molecular complexity index is 1320. The Morgan fingerprint density at radius 1 is 1.14 bits per heavy atom. The number of carbonyl (C=O) groups excluding carboxylic acids is 2. The van der Waals surface area contributed by atoms with E-state index < -0.39 is 16.1 Å². The SMILES string of the molecule is CC(C)C[C@H](NC(=O)c1cc2ccccc2s1)C(=O)NCC1CCCN(S(=O)(=O)c2ccc(Cl)cc2)C1. The van der Waals surface area contributed by atoms with Gasteiger partial charge in [0.1, 0.15) is 6.04 Å². The highest BCUT2D eigenvalue weighted by molar-refractivity contribution is 7.89. The number of thiophene rings is 1. The number of benzene rings is 2. The highest BCUT2D eigenvalue weighted by atomic mass is 35.5. The molecule has 0 radical (unpaired) electrons. The second-order valence-electron chi connectivity index (χ2n) is 9.87. The van der Waals surface area contributed by atoms with E-state index in [1.165, 1.54) is 27.8 Å². The van der Waals surface area contributed by atoms with E-state index in [4.69, 9.17) is 11.6 Å². The monoisotopic (exact) mass is 561 g/mol. The molecule has 0 saturated carbocycles. The number of fused-ring (bicyclic) bond motifs is 1. The van der Waals surface area contributed by atoms with Gasteiger partial charge in [-0.1, -0.05) is 43.6 Å². The molecule has 2 heterocycles. The quantitative estimate of drug-likeness (QED) is 0.388. The molecule has 2 N–H and O–H groups in total. The van der Waals surface area contributed by atoms with Crippen molar-refractivity contribution in [1.29, 1.82) is 0 Å². The van der Waals surface area contributed by atoms with E-state index in [9.17, 15) is 18.0 Å². The number of amides is 2. The summed E-state index contributed by atoms with van der Waals surface area (Å²) in [5, 5.41) is 7.36. The lowest BCUT2D eigenvalue weighted by molar-refractivity contribution is -0.123. The maximum absolute atomic E-state index is 13.1. The second kappa shape index (κ2) is 11.9. The van der Waals surface area contributed by atoms with Crippen molar-refractivity contribution in [3.8, 4) is 0 Å². The zero-order valence-corrected chi connectivity index (χ0v) is 23.3. The van der Waals surface area contributed by atoms with E-state index in [1.54, 1.807) is 12.1 Å². The molecule has 2 amide bonds. The van der Waals surface area contributed by atoms with Gasteiger partial charge in [0, 0.05) is 29.4 Å². The summed E-state index contributed by atoms with van der Waals surface area (Å²) in [6, 6.07) is 15.1. The average Bonchev–Trinajstić information content (AvgIpc) is 3.32. The first kappa shape index (κ1) is 27.6. The van der Waals surface area contributed by atoms with Gasteiger partial charge in [-0.05, 0) is 72.9 Å². The van der Waals surface area contributed by atoms with Crippen LogP contribution in [-0.4, -0.2) is 50.2 Å². The van der Waals surface area contributed by atoms with Gasteiger partial charge in [-0.15, -0.1) is 11.3 Å². The third-order valence-electron chi connectivity index (χ3n) is 6.48. The first-order chi connectivity index (χ1) is 17.6. The minimum Gasteiger partial charge on any atom is -0.354 e. The van der Waals surface area contributed by atoms with Crippen LogP contribution in [0.4, 0.5) is 0 Å². The fourth-order valence-electron chi connectivity index (χ4n) is 4.56. The Kier molecular flexibility index (Phi) is 8.90. The topological polar surface area (TPSA) is 95.6 Å². The third kappa shape index (κ3) is 6.90. The van der Waals surface area contributed by atoms with Crippen LogP contribution in [0, 0.1) is 11.8 Å². The summed E-state index contributed by atoms with van der Waals surface area (Å²) < 4.78 is 28.7. The lowest BCUT2D eigenvalue weighted by Crippen LogP contribution is -2.50. The largest absolute Gasteiger partial charge is 0.354 e.